The third kappa shape index (κ3) is 5.23. The van der Waals surface area contributed by atoms with Crippen LogP contribution in [0.2, 0.25) is 0 Å². The summed E-state index contributed by atoms with van der Waals surface area (Å²) >= 11 is 1.63. The number of aliphatic hydroxyl groups is 1. The van der Waals surface area contributed by atoms with Gasteiger partial charge < -0.3 is 24.5 Å². The fraction of sp³-hybridized carbons (Fsp3) is 0.567. The van der Waals surface area contributed by atoms with Gasteiger partial charge in [-0.2, -0.15) is 0 Å². The summed E-state index contributed by atoms with van der Waals surface area (Å²) in [4.78, 5) is 47.3. The lowest BCUT2D eigenvalue weighted by atomic mass is 9.71. The Balaban J connectivity index is 1.70. The van der Waals surface area contributed by atoms with Gasteiger partial charge in [-0.1, -0.05) is 18.7 Å². The number of carbonyl (C=O) groups excluding carboxylic acids is 3. The molecule has 1 aromatic carbocycles. The Morgan fingerprint density at radius 2 is 1.85 bits per heavy atom. The van der Waals surface area contributed by atoms with E-state index in [0.717, 1.165) is 30.9 Å². The van der Waals surface area contributed by atoms with Gasteiger partial charge in [0.05, 0.1) is 16.6 Å². The van der Waals surface area contributed by atoms with Crippen molar-refractivity contribution in [2.24, 2.45) is 11.8 Å². The summed E-state index contributed by atoms with van der Waals surface area (Å²) in [7, 11) is 0. The Kier molecular flexibility index (Phi) is 9.43. The maximum atomic E-state index is 14.5. The van der Waals surface area contributed by atoms with Crippen LogP contribution < -0.4 is 9.80 Å². The van der Waals surface area contributed by atoms with Crippen LogP contribution in [0.25, 0.3) is 0 Å². The normalized spacial score (nSPS) is 26.8. The highest BCUT2D eigenvalue weighted by Crippen LogP contribution is 2.66. The number of hydrogen-bond acceptors (Lipinski definition) is 7. The van der Waals surface area contributed by atoms with Gasteiger partial charge >= 0.3 is 5.97 Å². The predicted octanol–water partition coefficient (Wildman–Crippen LogP) is 3.64. The molecule has 8 nitrogen and oxygen atoms in total. The molecule has 212 valence electrons. The summed E-state index contributed by atoms with van der Waals surface area (Å²) in [5, 5.41) is 9.33. The third-order valence-corrected chi connectivity index (χ3v) is 10.3. The number of esters is 1. The smallest absolute Gasteiger partial charge is 0.311 e. The van der Waals surface area contributed by atoms with Gasteiger partial charge in [-0.25, -0.2) is 0 Å². The number of unbranched alkanes of at least 4 members (excludes halogenated alkanes) is 1. The maximum absolute atomic E-state index is 14.5. The second-order valence-electron chi connectivity index (χ2n) is 10.4. The Bertz CT molecular complexity index is 1070. The highest BCUT2D eigenvalue weighted by Gasteiger charge is 2.74. The number of hydrogen-bond donors (Lipinski definition) is 1. The summed E-state index contributed by atoms with van der Waals surface area (Å²) in [6.07, 6.45) is 5.79. The van der Waals surface area contributed by atoms with E-state index in [1.54, 1.807) is 27.6 Å². The predicted molar refractivity (Wildman–Crippen MR) is 156 cm³/mol. The minimum absolute atomic E-state index is 0.0179. The van der Waals surface area contributed by atoms with Crippen LogP contribution in [0.1, 0.15) is 39.5 Å². The van der Waals surface area contributed by atoms with E-state index in [2.05, 4.69) is 31.9 Å². The number of ether oxygens (including phenoxy) is 1. The van der Waals surface area contributed by atoms with Crippen molar-refractivity contribution in [2.45, 2.75) is 55.6 Å². The average molecular weight is 556 g/mol. The highest BCUT2D eigenvalue weighted by atomic mass is 32.2. The number of likely N-dealkylation sites (tertiary alicyclic amines) is 1. The summed E-state index contributed by atoms with van der Waals surface area (Å²) in [6.45, 7) is 14.3. The molecular formula is C30H41N3O5S. The van der Waals surface area contributed by atoms with Crippen molar-refractivity contribution in [3.63, 3.8) is 0 Å². The van der Waals surface area contributed by atoms with Crippen LogP contribution in [0.3, 0.4) is 0 Å². The van der Waals surface area contributed by atoms with Gasteiger partial charge in [0.25, 0.3) is 5.91 Å². The van der Waals surface area contributed by atoms with Gasteiger partial charge in [0.1, 0.15) is 12.6 Å². The fourth-order valence-electron chi connectivity index (χ4n) is 6.60. The first-order valence-corrected chi connectivity index (χ1v) is 14.9. The Labute approximate surface area is 236 Å². The summed E-state index contributed by atoms with van der Waals surface area (Å²) in [6, 6.07) is 7.24. The standard InChI is InChI=1S/C30H41N3O5S/c1-5-17-32(22-13-11-21(12-14-22)31(7-3)8-4)28(36)26-30-16-15-23(39-30)24(29(37)38-20-6-2)25(30)27(35)33(26)18-9-10-19-34/h5-6,11-14,23-26,34H,1-2,7-10,15-20H2,3-4H3/t23-,24+,25+,26?,30?/m1/s1. The van der Waals surface area contributed by atoms with E-state index in [4.69, 9.17) is 4.74 Å². The molecule has 0 aromatic heterocycles. The van der Waals surface area contributed by atoms with Gasteiger partial charge in [0.15, 0.2) is 0 Å². The van der Waals surface area contributed by atoms with Gasteiger partial charge in [-0.05, 0) is 63.8 Å². The Morgan fingerprint density at radius 3 is 2.46 bits per heavy atom. The number of benzene rings is 1. The van der Waals surface area contributed by atoms with E-state index in [-0.39, 0.29) is 36.2 Å². The molecule has 4 rings (SSSR count). The molecule has 2 unspecified atom stereocenters. The van der Waals surface area contributed by atoms with Crippen molar-refractivity contribution in [1.82, 2.24) is 4.90 Å². The lowest BCUT2D eigenvalue weighted by Crippen LogP contribution is -2.55. The van der Waals surface area contributed by atoms with Crippen molar-refractivity contribution in [3.8, 4) is 0 Å². The molecule has 3 aliphatic heterocycles. The van der Waals surface area contributed by atoms with E-state index in [0.29, 0.717) is 32.4 Å². The van der Waals surface area contributed by atoms with E-state index >= 15 is 0 Å². The monoisotopic (exact) mass is 555 g/mol. The van der Waals surface area contributed by atoms with Crippen LogP contribution in [0, 0.1) is 11.8 Å². The molecule has 2 bridgehead atoms. The molecular weight excluding hydrogens is 514 g/mol. The topological polar surface area (TPSA) is 90.4 Å². The van der Waals surface area contributed by atoms with Crippen LogP contribution in [0.15, 0.2) is 49.6 Å². The summed E-state index contributed by atoms with van der Waals surface area (Å²) < 4.78 is 4.74. The molecule has 39 heavy (non-hydrogen) atoms. The minimum Gasteiger partial charge on any atom is -0.461 e. The van der Waals surface area contributed by atoms with Crippen LogP contribution in [0.4, 0.5) is 11.4 Å². The van der Waals surface area contributed by atoms with Crippen molar-refractivity contribution in [3.05, 3.63) is 49.6 Å². The fourth-order valence-corrected chi connectivity index (χ4v) is 8.80. The molecule has 3 heterocycles. The zero-order chi connectivity index (χ0) is 28.2. The van der Waals surface area contributed by atoms with E-state index < -0.39 is 22.6 Å². The van der Waals surface area contributed by atoms with Gasteiger partial charge in [0.2, 0.25) is 5.91 Å². The molecule has 1 spiro atoms. The molecule has 3 aliphatic rings. The van der Waals surface area contributed by atoms with Gasteiger partial charge in [-0.3, -0.25) is 14.4 Å². The zero-order valence-electron chi connectivity index (χ0n) is 23.1. The quantitative estimate of drug-likeness (QED) is 0.213. The molecule has 1 N–H and O–H groups in total. The number of carbonyl (C=O) groups is 3. The molecule has 9 heteroatoms. The first-order chi connectivity index (χ1) is 18.9. The summed E-state index contributed by atoms with van der Waals surface area (Å²) in [5.41, 5.74) is 1.83. The Morgan fingerprint density at radius 1 is 1.15 bits per heavy atom. The molecule has 0 aliphatic carbocycles. The number of fused-ring (bicyclic) bond motifs is 1. The molecule has 1 aromatic rings. The van der Waals surface area contributed by atoms with E-state index in [9.17, 15) is 19.5 Å². The lowest BCUT2D eigenvalue weighted by molar-refractivity contribution is -0.153. The van der Waals surface area contributed by atoms with Crippen molar-refractivity contribution >= 4 is 40.9 Å². The zero-order valence-corrected chi connectivity index (χ0v) is 23.9. The number of thioether (sulfide) groups is 1. The van der Waals surface area contributed by atoms with E-state index in [1.165, 1.54) is 6.08 Å². The SMILES string of the molecule is C=CCOC(=O)[C@@H]1[C@H]2C(=O)N(CCCCO)C(C(=O)N(CC=C)c3ccc(N(CC)CC)cc3)C23CC[C@H]1S3. The van der Waals surface area contributed by atoms with E-state index in [1.807, 2.05) is 24.3 Å². The second-order valence-corrected chi connectivity index (χ2v) is 12.0. The van der Waals surface area contributed by atoms with Crippen molar-refractivity contribution in [2.75, 3.05) is 49.2 Å². The second kappa shape index (κ2) is 12.6. The first-order valence-electron chi connectivity index (χ1n) is 14.0. The van der Waals surface area contributed by atoms with Crippen LogP contribution in [0.5, 0.6) is 0 Å². The lowest BCUT2D eigenvalue weighted by Gasteiger charge is -2.37. The van der Waals surface area contributed by atoms with Crippen molar-refractivity contribution < 1.29 is 24.2 Å². The molecule has 5 atom stereocenters. The third-order valence-electron chi connectivity index (χ3n) is 8.32. The molecule has 2 amide bonds. The summed E-state index contributed by atoms with van der Waals surface area (Å²) in [5.74, 6) is -1.87. The number of aliphatic hydroxyl groups excluding tert-OH is 1. The van der Waals surface area contributed by atoms with Crippen LogP contribution in [-0.4, -0.2) is 83.2 Å². The first kappa shape index (κ1) is 29.2. The largest absolute Gasteiger partial charge is 0.461 e. The molecule has 3 fully saturated rings. The van der Waals surface area contributed by atoms with Crippen LogP contribution in [-0.2, 0) is 19.1 Å². The van der Waals surface area contributed by atoms with Crippen molar-refractivity contribution in [1.29, 1.82) is 0 Å². The van der Waals surface area contributed by atoms with Gasteiger partial charge in [-0.15, -0.1) is 18.3 Å². The average Bonchev–Trinajstić information content (AvgIpc) is 3.59. The molecule has 3 saturated heterocycles. The Hall–Kier alpha value is -2.78. The van der Waals surface area contributed by atoms with Gasteiger partial charge in [0, 0.05) is 49.4 Å². The minimum atomic E-state index is -0.705. The highest BCUT2D eigenvalue weighted by molar-refractivity contribution is 8.02. The molecule has 0 saturated carbocycles. The molecule has 0 radical (unpaired) electrons. The number of anilines is 2. The maximum Gasteiger partial charge on any atom is 0.311 e. The van der Waals surface area contributed by atoms with Crippen LogP contribution >= 0.6 is 11.8 Å². The number of nitrogens with zero attached hydrogens (tertiary/aromatic N) is 3. The number of amides is 2. The number of rotatable bonds is 14.